The van der Waals surface area contributed by atoms with Crippen LogP contribution in [-0.4, -0.2) is 4.92 Å². The third-order valence-corrected chi connectivity index (χ3v) is 4.48. The highest BCUT2D eigenvalue weighted by atomic mass is 35.5. The van der Waals surface area contributed by atoms with E-state index in [0.29, 0.717) is 0 Å². The highest BCUT2D eigenvalue weighted by Gasteiger charge is 2.22. The second kappa shape index (κ2) is 8.59. The Labute approximate surface area is 182 Å². The van der Waals surface area contributed by atoms with Crippen molar-refractivity contribution in [3.05, 3.63) is 84.3 Å². The van der Waals surface area contributed by atoms with E-state index >= 15 is 0 Å². The second-order valence-corrected chi connectivity index (χ2v) is 7.18. The zero-order valence-corrected chi connectivity index (χ0v) is 16.9. The molecule has 0 fully saturated rings. The maximum atomic E-state index is 14.1. The molecule has 3 aromatic carbocycles. The lowest BCUT2D eigenvalue weighted by Gasteiger charge is -2.12. The van der Waals surface area contributed by atoms with Gasteiger partial charge in [-0.1, -0.05) is 46.4 Å². The minimum absolute atomic E-state index is 0.0132. The minimum atomic E-state index is -0.935. The van der Waals surface area contributed by atoms with Gasteiger partial charge in [-0.05, 0) is 30.3 Å². The van der Waals surface area contributed by atoms with E-state index in [2.05, 4.69) is 0 Å². The number of rotatable bonds is 5. The summed E-state index contributed by atoms with van der Waals surface area (Å²) in [5.74, 6) is -3.09. The van der Waals surface area contributed by atoms with Crippen LogP contribution in [0.25, 0.3) is 0 Å². The summed E-state index contributed by atoms with van der Waals surface area (Å²) in [6, 6.07) is 7.66. The van der Waals surface area contributed by atoms with Gasteiger partial charge in [0.25, 0.3) is 0 Å². The van der Waals surface area contributed by atoms with Crippen LogP contribution in [0.4, 0.5) is 14.5 Å². The van der Waals surface area contributed by atoms with E-state index in [0.717, 1.165) is 24.3 Å². The average molecular weight is 481 g/mol. The molecule has 29 heavy (non-hydrogen) atoms. The van der Waals surface area contributed by atoms with E-state index in [9.17, 15) is 18.9 Å². The molecule has 11 heteroatoms. The number of nitro benzene ring substituents is 1. The fourth-order valence-electron chi connectivity index (χ4n) is 2.27. The van der Waals surface area contributed by atoms with Crippen molar-refractivity contribution in [3.63, 3.8) is 0 Å². The Bertz CT molecular complexity index is 1080. The Morgan fingerprint density at radius 1 is 0.793 bits per heavy atom. The normalized spacial score (nSPS) is 10.7. The molecule has 0 aromatic heterocycles. The first-order valence-corrected chi connectivity index (χ1v) is 9.10. The molecular weight excluding hydrogens is 474 g/mol. The van der Waals surface area contributed by atoms with Gasteiger partial charge in [0.1, 0.15) is 5.75 Å². The predicted molar refractivity (Wildman–Crippen MR) is 106 cm³/mol. The molecule has 0 radical (unpaired) electrons. The molecule has 0 spiro atoms. The van der Waals surface area contributed by atoms with E-state index < -0.39 is 33.7 Å². The van der Waals surface area contributed by atoms with Crippen LogP contribution in [0.5, 0.6) is 23.0 Å². The highest BCUT2D eigenvalue weighted by Crippen LogP contribution is 2.41. The Kier molecular flexibility index (Phi) is 6.33. The molecule has 0 saturated carbocycles. The van der Waals surface area contributed by atoms with Gasteiger partial charge >= 0.3 is 5.69 Å². The third-order valence-electron chi connectivity index (χ3n) is 3.49. The number of hydrogen-bond acceptors (Lipinski definition) is 4. The first kappa shape index (κ1) is 21.4. The van der Waals surface area contributed by atoms with Gasteiger partial charge in [0.2, 0.25) is 5.75 Å². The third kappa shape index (κ3) is 4.82. The summed E-state index contributed by atoms with van der Waals surface area (Å²) in [6.07, 6.45) is 0. The monoisotopic (exact) mass is 479 g/mol. The molecule has 0 aliphatic heterocycles. The van der Waals surface area contributed by atoms with Gasteiger partial charge in [0.15, 0.2) is 23.1 Å². The van der Waals surface area contributed by atoms with Crippen LogP contribution < -0.4 is 9.47 Å². The Balaban J connectivity index is 2.03. The van der Waals surface area contributed by atoms with Crippen molar-refractivity contribution in [3.8, 4) is 23.0 Å². The lowest BCUT2D eigenvalue weighted by Crippen LogP contribution is -1.97. The van der Waals surface area contributed by atoms with Crippen molar-refractivity contribution in [2.45, 2.75) is 0 Å². The summed E-state index contributed by atoms with van der Waals surface area (Å²) in [5, 5.41) is 11.0. The molecule has 0 aliphatic rings. The van der Waals surface area contributed by atoms with Gasteiger partial charge in [-0.15, -0.1) is 0 Å². The molecule has 0 amide bonds. The van der Waals surface area contributed by atoms with Crippen LogP contribution in [0, 0.1) is 21.7 Å². The maximum Gasteiger partial charge on any atom is 0.311 e. The SMILES string of the molecule is O=[N+]([O-])c1ccc(Oc2c(F)cc(Cl)cc2Cl)cc1Oc1c(F)cc(Cl)cc1Cl. The molecule has 150 valence electrons. The molecule has 0 aliphatic carbocycles. The van der Waals surface area contributed by atoms with Crippen LogP contribution in [0.3, 0.4) is 0 Å². The molecule has 5 nitrogen and oxygen atoms in total. The molecular formula is C18H7Cl4F2NO4. The number of nitro groups is 1. The van der Waals surface area contributed by atoms with Gasteiger partial charge < -0.3 is 9.47 Å². The number of ether oxygens (including phenoxy) is 2. The van der Waals surface area contributed by atoms with Crippen LogP contribution in [0.1, 0.15) is 0 Å². The maximum absolute atomic E-state index is 14.1. The van der Waals surface area contributed by atoms with Crippen LogP contribution >= 0.6 is 46.4 Å². The largest absolute Gasteiger partial charge is 0.453 e. The molecule has 3 aromatic rings. The van der Waals surface area contributed by atoms with Gasteiger partial charge in [-0.3, -0.25) is 10.1 Å². The fourth-order valence-corrected chi connectivity index (χ4v) is 3.29. The molecule has 0 saturated heterocycles. The zero-order chi connectivity index (χ0) is 21.3. The summed E-state index contributed by atoms with van der Waals surface area (Å²) in [4.78, 5) is 10.5. The highest BCUT2D eigenvalue weighted by molar-refractivity contribution is 6.36. The Hall–Kier alpha value is -2.32. The Morgan fingerprint density at radius 3 is 1.79 bits per heavy atom. The molecule has 0 atom stereocenters. The molecule has 0 bridgehead atoms. The van der Waals surface area contributed by atoms with Gasteiger partial charge in [-0.25, -0.2) is 8.78 Å². The van der Waals surface area contributed by atoms with Gasteiger partial charge in [-0.2, -0.15) is 0 Å². The molecule has 3 rings (SSSR count). The van der Waals surface area contributed by atoms with Crippen LogP contribution in [0.15, 0.2) is 42.5 Å². The Morgan fingerprint density at radius 2 is 1.31 bits per heavy atom. The summed E-state index contributed by atoms with van der Waals surface area (Å²) in [7, 11) is 0. The summed E-state index contributed by atoms with van der Waals surface area (Å²) in [5.41, 5.74) is -0.509. The second-order valence-electron chi connectivity index (χ2n) is 5.49. The summed E-state index contributed by atoms with van der Waals surface area (Å²) in [6.45, 7) is 0. The smallest absolute Gasteiger partial charge is 0.311 e. The number of hydrogen-bond donors (Lipinski definition) is 0. The zero-order valence-electron chi connectivity index (χ0n) is 13.9. The van der Waals surface area contributed by atoms with Crippen LogP contribution in [-0.2, 0) is 0 Å². The molecule has 0 N–H and O–H groups in total. The standard InChI is InChI=1S/C18H7Cl4F2NO4/c19-8-3-11(21)17(13(23)5-8)28-10-1-2-15(25(26)27)16(7-10)29-18-12(22)4-9(20)6-14(18)24/h1-7H. The summed E-state index contributed by atoms with van der Waals surface area (Å²) >= 11 is 23.2. The minimum Gasteiger partial charge on any atom is -0.453 e. The van der Waals surface area contributed by atoms with E-state index in [4.69, 9.17) is 55.9 Å². The number of benzene rings is 3. The fraction of sp³-hybridized carbons (Fsp3) is 0. The van der Waals surface area contributed by atoms with Crippen molar-refractivity contribution in [1.82, 2.24) is 0 Å². The summed E-state index contributed by atoms with van der Waals surface area (Å²) < 4.78 is 38.9. The number of halogens is 6. The molecule has 0 unspecified atom stereocenters. The predicted octanol–water partition coefficient (Wildman–Crippen LogP) is 8.07. The average Bonchev–Trinajstić information content (AvgIpc) is 2.61. The lowest BCUT2D eigenvalue weighted by molar-refractivity contribution is -0.385. The van der Waals surface area contributed by atoms with E-state index in [1.54, 1.807) is 0 Å². The van der Waals surface area contributed by atoms with Crippen molar-refractivity contribution in [2.75, 3.05) is 0 Å². The van der Waals surface area contributed by atoms with E-state index in [-0.39, 0.29) is 31.6 Å². The van der Waals surface area contributed by atoms with Gasteiger partial charge in [0.05, 0.1) is 15.0 Å². The molecule has 0 heterocycles. The number of nitrogens with zero attached hydrogens (tertiary/aromatic N) is 1. The quantitative estimate of drug-likeness (QED) is 0.273. The first-order valence-electron chi connectivity index (χ1n) is 7.59. The van der Waals surface area contributed by atoms with E-state index in [1.165, 1.54) is 18.2 Å². The van der Waals surface area contributed by atoms with Gasteiger partial charge in [0, 0.05) is 22.2 Å². The van der Waals surface area contributed by atoms with Crippen molar-refractivity contribution < 1.29 is 23.2 Å². The van der Waals surface area contributed by atoms with Crippen molar-refractivity contribution in [2.24, 2.45) is 0 Å². The lowest BCUT2D eigenvalue weighted by atomic mass is 10.2. The van der Waals surface area contributed by atoms with Crippen LogP contribution in [0.2, 0.25) is 20.1 Å². The van der Waals surface area contributed by atoms with Crippen molar-refractivity contribution >= 4 is 52.1 Å². The first-order chi connectivity index (χ1) is 13.7. The topological polar surface area (TPSA) is 61.6 Å². The van der Waals surface area contributed by atoms with E-state index in [1.807, 2.05) is 0 Å². The van der Waals surface area contributed by atoms with Crippen molar-refractivity contribution in [1.29, 1.82) is 0 Å².